The van der Waals surface area contributed by atoms with E-state index in [-0.39, 0.29) is 30.9 Å². The van der Waals surface area contributed by atoms with Gasteiger partial charge in [-0.25, -0.2) is 4.79 Å². The summed E-state index contributed by atoms with van der Waals surface area (Å²) < 4.78 is 0. The molecule has 0 aliphatic carbocycles. The smallest absolute Gasteiger partial charge is 0.326 e. The lowest BCUT2D eigenvalue weighted by atomic mass is 10.0. The van der Waals surface area contributed by atoms with Crippen LogP contribution in [0.3, 0.4) is 0 Å². The zero-order chi connectivity index (χ0) is 25.8. The van der Waals surface area contributed by atoms with Crippen molar-refractivity contribution < 1.29 is 29.1 Å². The number of carboxylic acid groups (broad SMARTS) is 1. The second kappa shape index (κ2) is 14.2. The SMILES string of the molecule is CC(C)C(N)C(=O)NC(CS)C(=O)NC(Cc1ccccc1)C(=O)NC(CCC(N)=O)C(=O)O. The molecule has 0 aliphatic rings. The molecule has 0 spiro atoms. The van der Waals surface area contributed by atoms with E-state index in [2.05, 4.69) is 28.6 Å². The second-order valence-electron chi connectivity index (χ2n) is 8.17. The van der Waals surface area contributed by atoms with E-state index in [1.54, 1.807) is 44.2 Å². The van der Waals surface area contributed by atoms with Crippen molar-refractivity contribution in [1.82, 2.24) is 16.0 Å². The van der Waals surface area contributed by atoms with Crippen LogP contribution >= 0.6 is 12.6 Å². The predicted molar refractivity (Wildman–Crippen MR) is 129 cm³/mol. The number of carboxylic acids is 1. The van der Waals surface area contributed by atoms with E-state index in [4.69, 9.17) is 11.5 Å². The van der Waals surface area contributed by atoms with Crippen LogP contribution in [0.5, 0.6) is 0 Å². The highest BCUT2D eigenvalue weighted by Gasteiger charge is 2.30. The van der Waals surface area contributed by atoms with Gasteiger partial charge in [-0.3, -0.25) is 19.2 Å². The summed E-state index contributed by atoms with van der Waals surface area (Å²) in [7, 11) is 0. The molecule has 1 aromatic carbocycles. The Hall–Kier alpha value is -3.12. The van der Waals surface area contributed by atoms with Gasteiger partial charge in [-0.05, 0) is 17.9 Å². The summed E-state index contributed by atoms with van der Waals surface area (Å²) in [4.78, 5) is 60.6. The van der Waals surface area contributed by atoms with Gasteiger partial charge in [0.25, 0.3) is 0 Å². The highest BCUT2D eigenvalue weighted by atomic mass is 32.1. The fraction of sp³-hybridized carbons (Fsp3) is 0.500. The number of amides is 4. The van der Waals surface area contributed by atoms with Crippen LogP contribution in [0, 0.1) is 5.92 Å². The van der Waals surface area contributed by atoms with Gasteiger partial charge in [0.15, 0.2) is 0 Å². The van der Waals surface area contributed by atoms with Crippen LogP contribution in [0.15, 0.2) is 30.3 Å². The molecule has 4 amide bonds. The Morgan fingerprint density at radius 1 is 0.912 bits per heavy atom. The Kier molecular flexibility index (Phi) is 12.1. The van der Waals surface area contributed by atoms with Gasteiger partial charge >= 0.3 is 5.97 Å². The summed E-state index contributed by atoms with van der Waals surface area (Å²) in [6.45, 7) is 3.52. The molecule has 0 aromatic heterocycles. The molecule has 11 nitrogen and oxygen atoms in total. The van der Waals surface area contributed by atoms with Gasteiger partial charge in [-0.15, -0.1) is 0 Å². The Morgan fingerprint density at radius 2 is 1.44 bits per heavy atom. The molecule has 188 valence electrons. The van der Waals surface area contributed by atoms with E-state index >= 15 is 0 Å². The molecule has 0 fully saturated rings. The van der Waals surface area contributed by atoms with Gasteiger partial charge < -0.3 is 32.5 Å². The standard InChI is InChI=1S/C22H33N5O6S/c1-12(2)18(24)21(31)27-16(11-34)20(30)26-15(10-13-6-4-3-5-7-13)19(29)25-14(22(32)33)8-9-17(23)28/h3-7,12,14-16,18,34H,8-11,24H2,1-2H3,(H2,23,28)(H,25,29)(H,26,30)(H,27,31)(H,32,33). The topological polar surface area (TPSA) is 194 Å². The number of primary amides is 1. The normalized spacial score (nSPS) is 14.4. The molecule has 1 aromatic rings. The first kappa shape index (κ1) is 28.9. The third-order valence-corrected chi connectivity index (χ3v) is 5.41. The highest BCUT2D eigenvalue weighted by molar-refractivity contribution is 7.80. The molecular formula is C22H33N5O6S. The van der Waals surface area contributed by atoms with E-state index in [9.17, 15) is 29.1 Å². The molecule has 4 atom stereocenters. The van der Waals surface area contributed by atoms with Crippen LogP contribution in [-0.2, 0) is 30.4 Å². The molecule has 0 heterocycles. The zero-order valence-corrected chi connectivity index (χ0v) is 20.1. The van der Waals surface area contributed by atoms with E-state index < -0.39 is 53.8 Å². The quantitative estimate of drug-likeness (QED) is 0.160. The molecule has 1 rings (SSSR count). The fourth-order valence-corrected chi connectivity index (χ4v) is 3.17. The number of hydrogen-bond acceptors (Lipinski definition) is 7. The van der Waals surface area contributed by atoms with Crippen LogP contribution in [0.4, 0.5) is 0 Å². The Bertz CT molecular complexity index is 867. The van der Waals surface area contributed by atoms with Gasteiger partial charge in [-0.2, -0.15) is 12.6 Å². The summed E-state index contributed by atoms with van der Waals surface area (Å²) in [5.41, 5.74) is 11.6. The van der Waals surface area contributed by atoms with Crippen molar-refractivity contribution in [3.63, 3.8) is 0 Å². The van der Waals surface area contributed by atoms with Crippen LogP contribution in [0.25, 0.3) is 0 Å². The maximum absolute atomic E-state index is 12.9. The monoisotopic (exact) mass is 495 g/mol. The van der Waals surface area contributed by atoms with Gasteiger partial charge in [0.05, 0.1) is 6.04 Å². The summed E-state index contributed by atoms with van der Waals surface area (Å²) in [6, 6.07) is 4.33. The molecule has 12 heteroatoms. The van der Waals surface area contributed by atoms with Crippen molar-refractivity contribution in [3.05, 3.63) is 35.9 Å². The molecule has 8 N–H and O–H groups in total. The first-order chi connectivity index (χ1) is 16.0. The number of hydrogen-bond donors (Lipinski definition) is 7. The van der Waals surface area contributed by atoms with E-state index in [0.29, 0.717) is 5.56 Å². The molecule has 0 saturated carbocycles. The predicted octanol–water partition coefficient (Wildman–Crippen LogP) is -1.05. The summed E-state index contributed by atoms with van der Waals surface area (Å²) in [6.07, 6.45) is -0.388. The molecule has 0 radical (unpaired) electrons. The molecule has 4 unspecified atom stereocenters. The first-order valence-electron chi connectivity index (χ1n) is 10.8. The molecular weight excluding hydrogens is 462 g/mol. The van der Waals surface area contributed by atoms with Crippen molar-refractivity contribution in [2.45, 2.75) is 57.3 Å². The van der Waals surface area contributed by atoms with Crippen LogP contribution in [0.2, 0.25) is 0 Å². The van der Waals surface area contributed by atoms with Gasteiger partial charge in [0, 0.05) is 18.6 Å². The second-order valence-corrected chi connectivity index (χ2v) is 8.53. The molecule has 0 bridgehead atoms. The largest absolute Gasteiger partial charge is 0.480 e. The lowest BCUT2D eigenvalue weighted by Crippen LogP contribution is -2.58. The zero-order valence-electron chi connectivity index (χ0n) is 19.2. The number of nitrogens with two attached hydrogens (primary N) is 2. The number of benzene rings is 1. The number of rotatable bonds is 14. The number of thiol groups is 1. The maximum Gasteiger partial charge on any atom is 0.326 e. The summed E-state index contributed by atoms with van der Waals surface area (Å²) in [5, 5.41) is 16.8. The number of aliphatic carboxylic acids is 1. The molecule has 34 heavy (non-hydrogen) atoms. The van der Waals surface area contributed by atoms with Gasteiger partial charge in [0.2, 0.25) is 23.6 Å². The Morgan fingerprint density at radius 3 is 1.94 bits per heavy atom. The van der Waals surface area contributed by atoms with E-state index in [1.165, 1.54) is 0 Å². The number of nitrogens with one attached hydrogen (secondary N) is 3. The molecule has 0 aliphatic heterocycles. The van der Waals surface area contributed by atoms with Crippen LogP contribution in [0.1, 0.15) is 32.3 Å². The van der Waals surface area contributed by atoms with Crippen molar-refractivity contribution in [1.29, 1.82) is 0 Å². The number of carbonyl (C=O) groups excluding carboxylic acids is 4. The maximum atomic E-state index is 12.9. The molecule has 0 saturated heterocycles. The average Bonchev–Trinajstić information content (AvgIpc) is 2.78. The van der Waals surface area contributed by atoms with Crippen LogP contribution in [-0.4, -0.2) is 64.6 Å². The Balaban J connectivity index is 3.02. The summed E-state index contributed by atoms with van der Waals surface area (Å²) in [5.74, 6) is -4.25. The minimum absolute atomic E-state index is 0.0549. The van der Waals surface area contributed by atoms with Crippen LogP contribution < -0.4 is 27.4 Å². The minimum Gasteiger partial charge on any atom is -0.480 e. The lowest BCUT2D eigenvalue weighted by Gasteiger charge is -2.25. The lowest BCUT2D eigenvalue weighted by molar-refractivity contribution is -0.142. The Labute approximate surface area is 203 Å². The highest BCUT2D eigenvalue weighted by Crippen LogP contribution is 2.07. The average molecular weight is 496 g/mol. The van der Waals surface area contributed by atoms with E-state index in [0.717, 1.165) is 0 Å². The van der Waals surface area contributed by atoms with E-state index in [1.807, 2.05) is 0 Å². The number of carbonyl (C=O) groups is 5. The minimum atomic E-state index is -1.38. The van der Waals surface area contributed by atoms with Gasteiger partial charge in [-0.1, -0.05) is 44.2 Å². The fourth-order valence-electron chi connectivity index (χ4n) is 2.91. The van der Waals surface area contributed by atoms with Crippen molar-refractivity contribution in [3.8, 4) is 0 Å². The van der Waals surface area contributed by atoms with Crippen molar-refractivity contribution in [2.24, 2.45) is 17.4 Å². The third-order valence-electron chi connectivity index (χ3n) is 5.05. The first-order valence-corrected chi connectivity index (χ1v) is 11.4. The summed E-state index contributed by atoms with van der Waals surface area (Å²) >= 11 is 4.11. The third kappa shape index (κ3) is 9.79. The van der Waals surface area contributed by atoms with Crippen molar-refractivity contribution in [2.75, 3.05) is 5.75 Å². The van der Waals surface area contributed by atoms with Gasteiger partial charge in [0.1, 0.15) is 18.1 Å². The van der Waals surface area contributed by atoms with Crippen molar-refractivity contribution >= 4 is 42.2 Å².